The number of benzene rings is 2. The van der Waals surface area contributed by atoms with Crippen LogP contribution in [0.4, 0.5) is 0 Å². The number of para-hydroxylation sites is 1. The molecule has 4 heteroatoms. The molecule has 0 unspecified atom stereocenters. The van der Waals surface area contributed by atoms with E-state index < -0.39 is 6.10 Å². The average Bonchev–Trinajstić information content (AvgIpc) is 2.82. The number of rotatable bonds is 4. The molecule has 108 valence electrons. The van der Waals surface area contributed by atoms with Gasteiger partial charge in [0.2, 0.25) is 0 Å². The van der Waals surface area contributed by atoms with Gasteiger partial charge in [-0.3, -0.25) is 4.68 Å². The van der Waals surface area contributed by atoms with Crippen molar-refractivity contribution in [3.05, 3.63) is 59.8 Å². The summed E-state index contributed by atoms with van der Waals surface area (Å²) in [5, 5.41) is 15.2. The first kappa shape index (κ1) is 13.6. The minimum absolute atomic E-state index is 0.407. The second-order valence-corrected chi connectivity index (χ2v) is 5.12. The molecule has 0 saturated heterocycles. The van der Waals surface area contributed by atoms with Gasteiger partial charge in [-0.1, -0.05) is 30.3 Å². The van der Waals surface area contributed by atoms with Crippen LogP contribution in [0.15, 0.2) is 48.5 Å². The topological polar surface area (TPSA) is 47.3 Å². The van der Waals surface area contributed by atoms with Gasteiger partial charge in [0, 0.05) is 12.4 Å². The Hall–Kier alpha value is -2.33. The first-order chi connectivity index (χ1) is 10.1. The maximum absolute atomic E-state index is 9.61. The number of aliphatic hydroxyl groups is 1. The monoisotopic (exact) mass is 282 g/mol. The van der Waals surface area contributed by atoms with Crippen molar-refractivity contribution < 1.29 is 9.84 Å². The van der Waals surface area contributed by atoms with Crippen molar-refractivity contribution >= 4 is 10.9 Å². The van der Waals surface area contributed by atoms with E-state index in [1.54, 1.807) is 6.92 Å². The zero-order valence-corrected chi connectivity index (χ0v) is 12.2. The normalized spacial score (nSPS) is 12.5. The number of ether oxygens (including phenoxy) is 1. The molecule has 3 rings (SSSR count). The second-order valence-electron chi connectivity index (χ2n) is 5.12. The fraction of sp³-hybridized carbons (Fsp3) is 0.235. The molecular formula is C17H18N2O2. The Morgan fingerprint density at radius 2 is 2.00 bits per heavy atom. The smallest absolute Gasteiger partial charge is 0.133 e. The molecule has 0 saturated carbocycles. The molecule has 0 bridgehead atoms. The Kier molecular flexibility index (Phi) is 3.62. The molecule has 0 aliphatic heterocycles. The van der Waals surface area contributed by atoms with Crippen molar-refractivity contribution in [1.82, 2.24) is 9.78 Å². The first-order valence-corrected chi connectivity index (χ1v) is 6.96. The lowest BCUT2D eigenvalue weighted by Gasteiger charge is -2.08. The second kappa shape index (κ2) is 5.58. The van der Waals surface area contributed by atoms with Gasteiger partial charge in [0.05, 0.1) is 11.6 Å². The number of hydrogen-bond donors (Lipinski definition) is 1. The van der Waals surface area contributed by atoms with Crippen LogP contribution < -0.4 is 4.74 Å². The van der Waals surface area contributed by atoms with Crippen molar-refractivity contribution in [2.24, 2.45) is 7.05 Å². The van der Waals surface area contributed by atoms with Crippen LogP contribution in [0.3, 0.4) is 0 Å². The molecular weight excluding hydrogens is 264 g/mol. The minimum Gasteiger partial charge on any atom is -0.487 e. The number of aromatic nitrogens is 2. The molecule has 1 atom stereocenters. The van der Waals surface area contributed by atoms with Crippen LogP contribution in [-0.4, -0.2) is 14.9 Å². The van der Waals surface area contributed by atoms with E-state index in [9.17, 15) is 5.11 Å². The van der Waals surface area contributed by atoms with Gasteiger partial charge in [0.25, 0.3) is 0 Å². The molecule has 1 N–H and O–H groups in total. The number of nitrogens with zero attached hydrogens (tertiary/aromatic N) is 2. The van der Waals surface area contributed by atoms with E-state index in [1.165, 1.54) is 0 Å². The predicted octanol–water partition coefficient (Wildman–Crippen LogP) is 3.21. The third-order valence-corrected chi connectivity index (χ3v) is 3.55. The van der Waals surface area contributed by atoms with Crippen molar-refractivity contribution in [3.63, 3.8) is 0 Å². The molecule has 3 aromatic rings. The fourth-order valence-electron chi connectivity index (χ4n) is 2.41. The lowest BCUT2D eigenvalue weighted by molar-refractivity contribution is 0.198. The van der Waals surface area contributed by atoms with Gasteiger partial charge in [-0.25, -0.2) is 0 Å². The summed E-state index contributed by atoms with van der Waals surface area (Å²) in [6.07, 6.45) is -0.496. The molecule has 0 aliphatic carbocycles. The predicted molar refractivity (Wildman–Crippen MR) is 82.1 cm³/mol. The summed E-state index contributed by atoms with van der Waals surface area (Å²) < 4.78 is 7.68. The van der Waals surface area contributed by atoms with E-state index in [0.29, 0.717) is 6.61 Å². The molecule has 21 heavy (non-hydrogen) atoms. The van der Waals surface area contributed by atoms with Crippen molar-refractivity contribution in [3.8, 4) is 5.75 Å². The van der Waals surface area contributed by atoms with Crippen LogP contribution in [0.25, 0.3) is 10.9 Å². The minimum atomic E-state index is -0.496. The Morgan fingerprint density at radius 1 is 1.19 bits per heavy atom. The number of fused-ring (bicyclic) bond motifs is 1. The fourth-order valence-corrected chi connectivity index (χ4v) is 2.41. The van der Waals surface area contributed by atoms with Crippen LogP contribution in [0, 0.1) is 0 Å². The Bertz CT molecular complexity index is 762. The van der Waals surface area contributed by atoms with Gasteiger partial charge in [-0.15, -0.1) is 0 Å². The zero-order chi connectivity index (χ0) is 14.8. The summed E-state index contributed by atoms with van der Waals surface area (Å²) in [5.74, 6) is 0.739. The standard InChI is InChI=1S/C17H18N2O2/c1-12(20)13-6-5-7-14(10-13)21-11-16-15-8-3-4-9-17(15)19(2)18-16/h3-10,12,20H,11H2,1-2H3/t12-/m1/s1. The summed E-state index contributed by atoms with van der Waals surface area (Å²) in [4.78, 5) is 0. The van der Waals surface area contributed by atoms with Crippen molar-refractivity contribution in [2.45, 2.75) is 19.6 Å². The molecule has 0 radical (unpaired) electrons. The van der Waals surface area contributed by atoms with Gasteiger partial charge < -0.3 is 9.84 Å². The quantitative estimate of drug-likeness (QED) is 0.799. The van der Waals surface area contributed by atoms with E-state index in [1.807, 2.05) is 60.3 Å². The summed E-state index contributed by atoms with van der Waals surface area (Å²) in [5.41, 5.74) is 2.85. The number of hydrogen-bond acceptors (Lipinski definition) is 3. The zero-order valence-electron chi connectivity index (χ0n) is 12.2. The lowest BCUT2D eigenvalue weighted by atomic mass is 10.1. The van der Waals surface area contributed by atoms with Gasteiger partial charge in [0.15, 0.2) is 0 Å². The summed E-state index contributed by atoms with van der Waals surface area (Å²) in [7, 11) is 1.93. The molecule has 0 spiro atoms. The Morgan fingerprint density at radius 3 is 2.81 bits per heavy atom. The summed E-state index contributed by atoms with van der Waals surface area (Å²) >= 11 is 0. The van der Waals surface area contributed by atoms with Crippen LogP contribution >= 0.6 is 0 Å². The lowest BCUT2D eigenvalue weighted by Crippen LogP contribution is -1.99. The number of aryl methyl sites for hydroxylation is 1. The first-order valence-electron chi connectivity index (χ1n) is 6.96. The molecule has 2 aromatic carbocycles. The third kappa shape index (κ3) is 2.76. The highest BCUT2D eigenvalue weighted by Gasteiger charge is 2.09. The summed E-state index contributed by atoms with van der Waals surface area (Å²) in [6, 6.07) is 15.6. The molecule has 1 heterocycles. The summed E-state index contributed by atoms with van der Waals surface area (Å²) in [6.45, 7) is 2.15. The van der Waals surface area contributed by atoms with Gasteiger partial charge in [0.1, 0.15) is 18.1 Å². The Balaban J connectivity index is 1.82. The van der Waals surface area contributed by atoms with Crippen molar-refractivity contribution in [2.75, 3.05) is 0 Å². The highest BCUT2D eigenvalue weighted by molar-refractivity contribution is 5.81. The Labute approximate surface area is 123 Å². The van der Waals surface area contributed by atoms with Gasteiger partial charge in [-0.2, -0.15) is 5.10 Å². The van der Waals surface area contributed by atoms with E-state index in [2.05, 4.69) is 5.10 Å². The maximum Gasteiger partial charge on any atom is 0.133 e. The van der Waals surface area contributed by atoms with Crippen LogP contribution in [0.2, 0.25) is 0 Å². The molecule has 0 aliphatic rings. The molecule has 0 amide bonds. The highest BCUT2D eigenvalue weighted by Crippen LogP contribution is 2.22. The SMILES string of the molecule is C[C@@H](O)c1cccc(OCc2nn(C)c3ccccc23)c1. The highest BCUT2D eigenvalue weighted by atomic mass is 16.5. The molecule has 0 fully saturated rings. The third-order valence-electron chi connectivity index (χ3n) is 3.55. The van der Waals surface area contributed by atoms with E-state index >= 15 is 0 Å². The maximum atomic E-state index is 9.61. The van der Waals surface area contributed by atoms with Crippen molar-refractivity contribution in [1.29, 1.82) is 0 Å². The largest absolute Gasteiger partial charge is 0.487 e. The van der Waals surface area contributed by atoms with Crippen LogP contribution in [0.5, 0.6) is 5.75 Å². The van der Waals surface area contributed by atoms with E-state index in [4.69, 9.17) is 4.74 Å². The van der Waals surface area contributed by atoms with Crippen LogP contribution in [-0.2, 0) is 13.7 Å². The number of aliphatic hydroxyl groups excluding tert-OH is 1. The van der Waals surface area contributed by atoms with Crippen LogP contribution in [0.1, 0.15) is 24.3 Å². The van der Waals surface area contributed by atoms with Gasteiger partial charge in [-0.05, 0) is 30.7 Å². The van der Waals surface area contributed by atoms with E-state index in [0.717, 1.165) is 27.9 Å². The average molecular weight is 282 g/mol. The molecule has 4 nitrogen and oxygen atoms in total. The van der Waals surface area contributed by atoms with Gasteiger partial charge >= 0.3 is 0 Å². The van der Waals surface area contributed by atoms with E-state index in [-0.39, 0.29) is 0 Å². The molecule has 1 aromatic heterocycles.